The second-order valence-electron chi connectivity index (χ2n) is 3.62. The number of β-lactam (4-membered cyclic amide) rings is 1. The fraction of sp³-hybridized carbons (Fsp3) is 0.500. The van der Waals surface area contributed by atoms with Crippen LogP contribution in [0.3, 0.4) is 0 Å². The molecule has 0 aromatic heterocycles. The van der Waals surface area contributed by atoms with Crippen LogP contribution in [0.1, 0.15) is 6.42 Å². The molecule has 11 heteroatoms. The number of amides is 1. The van der Waals surface area contributed by atoms with Gasteiger partial charge in [0.15, 0.2) is 12.3 Å². The number of carbonyl (C=O) groups is 2. The van der Waals surface area contributed by atoms with Crippen LogP contribution in [0.5, 0.6) is 0 Å². The molecule has 0 spiro atoms. The van der Waals surface area contributed by atoms with Gasteiger partial charge in [-0.1, -0.05) is 0 Å². The molecule has 19 heavy (non-hydrogen) atoms. The summed E-state index contributed by atoms with van der Waals surface area (Å²) in [5.74, 6) is -1.22. The number of aliphatic carboxylic acids is 1. The molecule has 0 bridgehead atoms. The zero-order valence-electron chi connectivity index (χ0n) is 9.41. The van der Waals surface area contributed by atoms with E-state index in [1.54, 1.807) is 0 Å². The fourth-order valence-electron chi connectivity index (χ4n) is 1.66. The van der Waals surface area contributed by atoms with Crippen molar-refractivity contribution in [3.05, 3.63) is 11.8 Å². The average Bonchev–Trinajstić information content (AvgIpc) is 2.49. The van der Waals surface area contributed by atoms with Crippen LogP contribution < -0.4 is 0 Å². The molecule has 0 radical (unpaired) electrons. The summed E-state index contributed by atoms with van der Waals surface area (Å²) in [5.41, 5.74) is 0. The molecule has 0 aliphatic carbocycles. The highest BCUT2D eigenvalue weighted by molar-refractivity contribution is 7.45. The molecule has 2 heterocycles. The lowest BCUT2D eigenvalue weighted by Crippen LogP contribution is -2.54. The molecule has 0 aromatic carbocycles. The van der Waals surface area contributed by atoms with E-state index in [1.165, 1.54) is 11.0 Å². The first kappa shape index (κ1) is 15.6. The van der Waals surface area contributed by atoms with Gasteiger partial charge < -0.3 is 29.6 Å². The number of phosphoric acid groups is 1. The summed E-state index contributed by atoms with van der Waals surface area (Å²) in [4.78, 5) is 44.6. The molecule has 2 fully saturated rings. The summed E-state index contributed by atoms with van der Waals surface area (Å²) in [7, 11) is -4.64. The number of carboxylic acids is 1. The Morgan fingerprint density at radius 2 is 2.00 bits per heavy atom. The van der Waals surface area contributed by atoms with Gasteiger partial charge in [0, 0.05) is 0 Å². The quantitative estimate of drug-likeness (QED) is 0.285. The minimum absolute atomic E-state index is 0.149. The van der Waals surface area contributed by atoms with E-state index in [1.807, 2.05) is 0 Å². The molecule has 2 atom stereocenters. The van der Waals surface area contributed by atoms with Gasteiger partial charge in [0.2, 0.25) is 5.91 Å². The fourth-order valence-corrected chi connectivity index (χ4v) is 1.66. The third-order valence-electron chi connectivity index (χ3n) is 2.29. The number of carbonyl (C=O) groups excluding carboxylic acids is 1. The van der Waals surface area contributed by atoms with Gasteiger partial charge in [-0.3, -0.25) is 9.69 Å². The highest BCUT2D eigenvalue weighted by atomic mass is 31.2. The Morgan fingerprint density at radius 3 is 2.37 bits per heavy atom. The molecular formula is C8H12NO9P. The van der Waals surface area contributed by atoms with Gasteiger partial charge >= 0.3 is 13.8 Å². The summed E-state index contributed by atoms with van der Waals surface area (Å²) in [6.07, 6.45) is 1.03. The lowest BCUT2D eigenvalue weighted by atomic mass is 10.1. The van der Waals surface area contributed by atoms with Crippen LogP contribution in [0.4, 0.5) is 0 Å². The minimum atomic E-state index is -4.64. The first-order valence-corrected chi connectivity index (χ1v) is 6.51. The molecule has 0 saturated carbocycles. The smallest absolute Gasteiger partial charge is 0.466 e. The predicted octanol–water partition coefficient (Wildman–Crippen LogP) is -2.02. The minimum Gasteiger partial charge on any atom is -0.479 e. The number of aliphatic hydroxyl groups is 1. The van der Waals surface area contributed by atoms with E-state index in [4.69, 9.17) is 34.2 Å². The van der Waals surface area contributed by atoms with E-state index in [9.17, 15) is 9.59 Å². The second kappa shape index (κ2) is 5.68. The first-order valence-electron chi connectivity index (χ1n) is 4.95. The molecular weight excluding hydrogens is 285 g/mol. The van der Waals surface area contributed by atoms with Crippen molar-refractivity contribution in [1.29, 1.82) is 0 Å². The Labute approximate surface area is 106 Å². The van der Waals surface area contributed by atoms with E-state index in [-0.39, 0.29) is 24.7 Å². The summed E-state index contributed by atoms with van der Waals surface area (Å²) < 4.78 is 14.1. The second-order valence-corrected chi connectivity index (χ2v) is 4.65. The van der Waals surface area contributed by atoms with Crippen molar-refractivity contribution in [2.45, 2.75) is 18.7 Å². The van der Waals surface area contributed by atoms with Crippen molar-refractivity contribution in [2.24, 2.45) is 0 Å². The Balaban J connectivity index is 0.000000312. The molecule has 0 unspecified atom stereocenters. The zero-order valence-corrected chi connectivity index (χ0v) is 10.3. The lowest BCUT2D eigenvalue weighted by molar-refractivity contribution is -0.163. The summed E-state index contributed by atoms with van der Waals surface area (Å²) in [6, 6.07) is -1.06. The monoisotopic (exact) mass is 297 g/mol. The summed E-state index contributed by atoms with van der Waals surface area (Å²) >= 11 is 0. The lowest BCUT2D eigenvalue weighted by Gasteiger charge is -2.33. The van der Waals surface area contributed by atoms with Gasteiger partial charge in [-0.25, -0.2) is 9.36 Å². The number of hydrogen-bond donors (Lipinski definition) is 5. The van der Waals surface area contributed by atoms with Crippen LogP contribution in [-0.2, 0) is 18.9 Å². The van der Waals surface area contributed by atoms with Gasteiger partial charge in [0.25, 0.3) is 0 Å². The number of rotatable bonds is 2. The SMILES string of the molecule is O=C(O)[C@H]1/C(=C/CO)O[C@@H]2CC(=O)N21.O=P(O)(O)O. The molecule has 1 amide bonds. The predicted molar refractivity (Wildman–Crippen MR) is 57.2 cm³/mol. The number of aliphatic hydroxyl groups excluding tert-OH is 1. The maximum Gasteiger partial charge on any atom is 0.466 e. The summed E-state index contributed by atoms with van der Waals surface area (Å²) in [5, 5.41) is 17.5. The molecule has 0 aromatic rings. The van der Waals surface area contributed by atoms with E-state index >= 15 is 0 Å². The molecule has 2 aliphatic heterocycles. The number of fused-ring (bicyclic) bond motifs is 1. The van der Waals surface area contributed by atoms with Crippen molar-refractivity contribution in [3.63, 3.8) is 0 Å². The highest BCUT2D eigenvalue weighted by Crippen LogP contribution is 2.36. The Morgan fingerprint density at radius 1 is 1.47 bits per heavy atom. The largest absolute Gasteiger partial charge is 0.479 e. The number of ether oxygens (including phenoxy) is 1. The van der Waals surface area contributed by atoms with Crippen LogP contribution in [0, 0.1) is 0 Å². The standard InChI is InChI=1S/C8H9NO5.H3O4P/c10-2-1-4-7(8(12)13)9-5(11)3-6(9)14-4;1-5(2,3)4/h1,6-7,10H,2-3H2,(H,12,13);(H3,1,2,3,4)/b4-1-;/t6-,7-;/m1./s1. The Hall–Kier alpha value is -1.45. The maximum absolute atomic E-state index is 11.1. The van der Waals surface area contributed by atoms with Gasteiger partial charge in [-0.2, -0.15) is 0 Å². The van der Waals surface area contributed by atoms with Crippen molar-refractivity contribution in [1.82, 2.24) is 4.90 Å². The number of nitrogens with zero attached hydrogens (tertiary/aromatic N) is 1. The first-order chi connectivity index (χ1) is 8.65. The van der Waals surface area contributed by atoms with Crippen LogP contribution in [-0.4, -0.2) is 60.5 Å². The van der Waals surface area contributed by atoms with E-state index in [2.05, 4.69) is 0 Å². The van der Waals surface area contributed by atoms with Gasteiger partial charge in [-0.05, 0) is 6.08 Å². The molecule has 2 saturated heterocycles. The van der Waals surface area contributed by atoms with E-state index in [0.717, 1.165) is 0 Å². The van der Waals surface area contributed by atoms with Crippen LogP contribution >= 0.6 is 7.82 Å². The zero-order chi connectivity index (χ0) is 14.8. The molecule has 2 aliphatic rings. The highest BCUT2D eigenvalue weighted by Gasteiger charge is 2.53. The van der Waals surface area contributed by atoms with Gasteiger partial charge in [0.1, 0.15) is 5.76 Å². The topological polar surface area (TPSA) is 165 Å². The number of hydrogen-bond acceptors (Lipinski definition) is 5. The molecule has 2 rings (SSSR count). The Bertz CT molecular complexity index is 447. The average molecular weight is 297 g/mol. The van der Waals surface area contributed by atoms with E-state index in [0.29, 0.717) is 0 Å². The molecule has 5 N–H and O–H groups in total. The number of carboxylic acid groups (broad SMARTS) is 1. The van der Waals surface area contributed by atoms with Crippen molar-refractivity contribution < 1.29 is 43.8 Å². The van der Waals surface area contributed by atoms with E-state index < -0.39 is 26.1 Å². The van der Waals surface area contributed by atoms with Crippen molar-refractivity contribution in [3.8, 4) is 0 Å². The van der Waals surface area contributed by atoms with Crippen molar-refractivity contribution >= 4 is 19.7 Å². The van der Waals surface area contributed by atoms with Crippen molar-refractivity contribution in [2.75, 3.05) is 6.61 Å². The van der Waals surface area contributed by atoms with Crippen LogP contribution in [0.25, 0.3) is 0 Å². The summed E-state index contributed by atoms with van der Waals surface area (Å²) in [6.45, 7) is -0.298. The Kier molecular flexibility index (Phi) is 4.66. The van der Waals surface area contributed by atoms with Crippen LogP contribution in [0.2, 0.25) is 0 Å². The van der Waals surface area contributed by atoms with Gasteiger partial charge in [0.05, 0.1) is 13.0 Å². The normalized spacial score (nSPS) is 27.1. The van der Waals surface area contributed by atoms with Gasteiger partial charge in [-0.15, -0.1) is 0 Å². The molecule has 108 valence electrons. The maximum atomic E-state index is 11.1. The third-order valence-corrected chi connectivity index (χ3v) is 2.29. The third kappa shape index (κ3) is 4.01. The van der Waals surface area contributed by atoms with Crippen LogP contribution in [0.15, 0.2) is 11.8 Å². The molecule has 10 nitrogen and oxygen atoms in total.